The lowest BCUT2D eigenvalue weighted by atomic mass is 9.98. The molecule has 0 amide bonds. The molecular formula is C18H38N4. The van der Waals surface area contributed by atoms with Crippen LogP contribution in [0.15, 0.2) is 0 Å². The van der Waals surface area contributed by atoms with E-state index in [2.05, 4.69) is 55.1 Å². The molecule has 0 aromatic carbocycles. The van der Waals surface area contributed by atoms with E-state index in [0.29, 0.717) is 11.6 Å². The number of rotatable bonds is 7. The minimum Gasteiger partial charge on any atom is -0.313 e. The van der Waals surface area contributed by atoms with Crippen LogP contribution >= 0.6 is 0 Å². The maximum Gasteiger partial charge on any atom is 0.0323 e. The summed E-state index contributed by atoms with van der Waals surface area (Å²) < 4.78 is 0. The maximum atomic E-state index is 3.74. The molecule has 0 aromatic rings. The summed E-state index contributed by atoms with van der Waals surface area (Å²) in [5.74, 6) is 0.795. The summed E-state index contributed by atoms with van der Waals surface area (Å²) in [5, 5.41) is 7.42. The second-order valence-corrected chi connectivity index (χ2v) is 8.65. The molecule has 22 heavy (non-hydrogen) atoms. The van der Waals surface area contributed by atoms with Gasteiger partial charge in [0.2, 0.25) is 0 Å². The second-order valence-electron chi connectivity index (χ2n) is 8.65. The van der Waals surface area contributed by atoms with Crippen molar-refractivity contribution in [1.29, 1.82) is 0 Å². The van der Waals surface area contributed by atoms with Crippen LogP contribution in [0.2, 0.25) is 0 Å². The average Bonchev–Trinajstić information content (AvgIpc) is 2.36. The molecule has 2 fully saturated rings. The van der Waals surface area contributed by atoms with Crippen molar-refractivity contribution in [2.45, 2.75) is 65.1 Å². The Morgan fingerprint density at radius 1 is 0.955 bits per heavy atom. The lowest BCUT2D eigenvalue weighted by Crippen LogP contribution is -2.64. The van der Waals surface area contributed by atoms with Crippen LogP contribution in [-0.4, -0.2) is 73.2 Å². The standard InChI is InChI=1S/C18H38N4/c1-15(2)12-21-10-6-16(7-11-21)19-8-9-20-17-13-22(14-17)18(3,4)5/h15-17,19-20H,6-14H2,1-5H3. The number of hydrogen-bond acceptors (Lipinski definition) is 4. The minimum absolute atomic E-state index is 0.334. The number of nitrogens with one attached hydrogen (secondary N) is 2. The van der Waals surface area contributed by atoms with Crippen molar-refractivity contribution >= 4 is 0 Å². The second kappa shape index (κ2) is 8.09. The number of hydrogen-bond donors (Lipinski definition) is 2. The molecule has 0 atom stereocenters. The summed E-state index contributed by atoms with van der Waals surface area (Å²) >= 11 is 0. The van der Waals surface area contributed by atoms with Crippen LogP contribution in [-0.2, 0) is 0 Å². The van der Waals surface area contributed by atoms with Crippen molar-refractivity contribution in [2.75, 3.05) is 45.8 Å². The van der Waals surface area contributed by atoms with Gasteiger partial charge >= 0.3 is 0 Å². The molecule has 2 rings (SSSR count). The molecule has 4 nitrogen and oxygen atoms in total. The number of piperidine rings is 1. The van der Waals surface area contributed by atoms with Crippen LogP contribution in [0.4, 0.5) is 0 Å². The van der Waals surface area contributed by atoms with Gasteiger partial charge in [-0.25, -0.2) is 0 Å². The molecule has 0 aromatic heterocycles. The predicted octanol–water partition coefficient (Wildman–Crippen LogP) is 1.77. The highest BCUT2D eigenvalue weighted by Crippen LogP contribution is 2.20. The summed E-state index contributed by atoms with van der Waals surface area (Å²) in [6.07, 6.45) is 2.63. The molecule has 0 bridgehead atoms. The summed E-state index contributed by atoms with van der Waals surface area (Å²) in [6.45, 7) is 20.0. The normalized spacial score (nSPS) is 23.2. The Kier molecular flexibility index (Phi) is 6.69. The monoisotopic (exact) mass is 310 g/mol. The third kappa shape index (κ3) is 5.80. The van der Waals surface area contributed by atoms with E-state index in [1.54, 1.807) is 0 Å². The van der Waals surface area contributed by atoms with Gasteiger partial charge in [-0.1, -0.05) is 13.8 Å². The first-order chi connectivity index (χ1) is 10.3. The lowest BCUT2D eigenvalue weighted by Gasteiger charge is -2.48. The van der Waals surface area contributed by atoms with Crippen molar-refractivity contribution in [2.24, 2.45) is 5.92 Å². The molecule has 2 N–H and O–H groups in total. The fourth-order valence-electron chi connectivity index (χ4n) is 3.54. The van der Waals surface area contributed by atoms with E-state index < -0.39 is 0 Å². The molecule has 130 valence electrons. The number of nitrogens with zero attached hydrogens (tertiary/aromatic N) is 2. The van der Waals surface area contributed by atoms with E-state index in [-0.39, 0.29) is 0 Å². The zero-order valence-corrected chi connectivity index (χ0v) is 15.5. The summed E-state index contributed by atoms with van der Waals surface area (Å²) in [6, 6.07) is 1.44. The van der Waals surface area contributed by atoms with Gasteiger partial charge in [0.25, 0.3) is 0 Å². The SMILES string of the molecule is CC(C)CN1CCC(NCCNC2CN(C(C)(C)C)C2)CC1. The first-order valence-electron chi connectivity index (χ1n) is 9.29. The van der Waals surface area contributed by atoms with Crippen molar-refractivity contribution in [1.82, 2.24) is 20.4 Å². The lowest BCUT2D eigenvalue weighted by molar-refractivity contribution is 0.0352. The Morgan fingerprint density at radius 3 is 2.00 bits per heavy atom. The van der Waals surface area contributed by atoms with Crippen LogP contribution in [0.25, 0.3) is 0 Å². The Balaban J connectivity index is 1.47. The summed E-state index contributed by atoms with van der Waals surface area (Å²) in [7, 11) is 0. The Hall–Kier alpha value is -0.160. The molecular weight excluding hydrogens is 272 g/mol. The average molecular weight is 311 g/mol. The topological polar surface area (TPSA) is 30.5 Å². The van der Waals surface area contributed by atoms with Gasteiger partial charge in [0.05, 0.1) is 0 Å². The molecule has 0 radical (unpaired) electrons. The van der Waals surface area contributed by atoms with Crippen molar-refractivity contribution in [3.63, 3.8) is 0 Å². The van der Waals surface area contributed by atoms with E-state index in [1.807, 2.05) is 0 Å². The van der Waals surface area contributed by atoms with E-state index in [9.17, 15) is 0 Å². The maximum absolute atomic E-state index is 3.74. The third-order valence-corrected chi connectivity index (χ3v) is 5.03. The molecule has 0 aliphatic carbocycles. The first-order valence-corrected chi connectivity index (χ1v) is 9.29. The van der Waals surface area contributed by atoms with Crippen molar-refractivity contribution in [3.05, 3.63) is 0 Å². The van der Waals surface area contributed by atoms with Gasteiger partial charge in [-0.2, -0.15) is 0 Å². The van der Waals surface area contributed by atoms with Gasteiger partial charge in [0, 0.05) is 50.3 Å². The van der Waals surface area contributed by atoms with Gasteiger partial charge in [-0.15, -0.1) is 0 Å². The molecule has 2 saturated heterocycles. The first kappa shape index (κ1) is 18.2. The minimum atomic E-state index is 0.334. The van der Waals surface area contributed by atoms with Gasteiger partial charge in [0.15, 0.2) is 0 Å². The summed E-state index contributed by atoms with van der Waals surface area (Å²) in [5.41, 5.74) is 0.334. The predicted molar refractivity (Wildman–Crippen MR) is 95.4 cm³/mol. The quantitative estimate of drug-likeness (QED) is 0.702. The Labute approximate surface area is 138 Å². The van der Waals surface area contributed by atoms with Crippen LogP contribution in [0, 0.1) is 5.92 Å². The molecule has 0 saturated carbocycles. The molecule has 0 spiro atoms. The fraction of sp³-hybridized carbons (Fsp3) is 1.00. The molecule has 4 heteroatoms. The molecule has 2 aliphatic heterocycles. The largest absolute Gasteiger partial charge is 0.313 e. The van der Waals surface area contributed by atoms with Gasteiger partial charge < -0.3 is 15.5 Å². The highest BCUT2D eigenvalue weighted by Gasteiger charge is 2.33. The highest BCUT2D eigenvalue weighted by atomic mass is 15.3. The van der Waals surface area contributed by atoms with E-state index >= 15 is 0 Å². The van der Waals surface area contributed by atoms with E-state index in [4.69, 9.17) is 0 Å². The Morgan fingerprint density at radius 2 is 1.50 bits per heavy atom. The van der Waals surface area contributed by atoms with Crippen molar-refractivity contribution < 1.29 is 0 Å². The van der Waals surface area contributed by atoms with Gasteiger partial charge in [-0.05, 0) is 52.6 Å². The summed E-state index contributed by atoms with van der Waals surface area (Å²) in [4.78, 5) is 5.17. The molecule has 2 heterocycles. The smallest absolute Gasteiger partial charge is 0.0323 e. The van der Waals surface area contributed by atoms with E-state index in [0.717, 1.165) is 25.0 Å². The molecule has 2 aliphatic rings. The van der Waals surface area contributed by atoms with Crippen LogP contribution in [0.1, 0.15) is 47.5 Å². The zero-order valence-electron chi connectivity index (χ0n) is 15.5. The molecule has 0 unspecified atom stereocenters. The van der Waals surface area contributed by atoms with Crippen LogP contribution in [0.5, 0.6) is 0 Å². The third-order valence-electron chi connectivity index (χ3n) is 5.03. The van der Waals surface area contributed by atoms with E-state index in [1.165, 1.54) is 45.6 Å². The van der Waals surface area contributed by atoms with Gasteiger partial charge in [-0.3, -0.25) is 4.90 Å². The highest BCUT2D eigenvalue weighted by molar-refractivity contribution is 4.92. The van der Waals surface area contributed by atoms with Crippen LogP contribution in [0.3, 0.4) is 0 Å². The van der Waals surface area contributed by atoms with Gasteiger partial charge in [0.1, 0.15) is 0 Å². The Bertz CT molecular complexity index is 310. The number of likely N-dealkylation sites (tertiary alicyclic amines) is 2. The van der Waals surface area contributed by atoms with Crippen molar-refractivity contribution in [3.8, 4) is 0 Å². The van der Waals surface area contributed by atoms with Crippen LogP contribution < -0.4 is 10.6 Å². The fourth-order valence-corrected chi connectivity index (χ4v) is 3.54. The zero-order chi connectivity index (χ0) is 16.2.